The Bertz CT molecular complexity index is 2130. The van der Waals surface area contributed by atoms with Crippen LogP contribution in [0.2, 0.25) is 21.7 Å². The first-order valence-electron chi connectivity index (χ1n) is 23.9. The molecule has 2 aromatic carbocycles. The van der Waals surface area contributed by atoms with Crippen LogP contribution in [0.1, 0.15) is 138 Å². The number of ether oxygens (including phenoxy) is 3. The van der Waals surface area contributed by atoms with Crippen LogP contribution in [-0.2, 0) is 27.9 Å². The maximum absolute atomic E-state index is 12.7. The third-order valence-corrected chi connectivity index (χ3v) is 25.4. The molecule has 8 atom stereocenters. The predicted molar refractivity (Wildman–Crippen MR) is 264 cm³/mol. The smallest absolute Gasteiger partial charge is 0.308 e. The zero-order valence-electron chi connectivity index (χ0n) is 41.5. The normalized spacial score (nSPS) is 25.0. The molecule has 0 bridgehead atoms. The molecular formula is C53H76N2O8Si2. The summed E-state index contributed by atoms with van der Waals surface area (Å²) in [4.78, 5) is 22.3. The number of carbonyl (C=O) groups excluding carboxylic acids is 1. The first-order chi connectivity index (χ1) is 30.8. The number of methoxy groups -OCH3 is 1. The molecule has 0 saturated carbocycles. The Morgan fingerprint density at radius 3 is 1.98 bits per heavy atom. The van der Waals surface area contributed by atoms with Crippen LogP contribution >= 0.6 is 0 Å². The van der Waals surface area contributed by atoms with Crippen LogP contribution in [0, 0.1) is 18.8 Å². The van der Waals surface area contributed by atoms with Crippen LogP contribution in [0.4, 0.5) is 0 Å². The van der Waals surface area contributed by atoms with E-state index in [9.17, 15) is 4.79 Å². The van der Waals surface area contributed by atoms with Crippen LogP contribution in [0.15, 0.2) is 93.7 Å². The lowest BCUT2D eigenvalue weighted by atomic mass is 9.79. The summed E-state index contributed by atoms with van der Waals surface area (Å²) in [5, 5.41) is 2.18. The number of aromatic nitrogens is 2. The zero-order chi connectivity index (χ0) is 47.3. The molecule has 0 unspecified atom stereocenters. The number of rotatable bonds is 17. The molecule has 2 saturated heterocycles. The molecule has 65 heavy (non-hydrogen) atoms. The highest BCUT2D eigenvalue weighted by molar-refractivity contribution is 6.99. The average molecular weight is 925 g/mol. The van der Waals surface area contributed by atoms with Gasteiger partial charge in [0.25, 0.3) is 8.32 Å². The second kappa shape index (κ2) is 21.4. The Kier molecular flexibility index (Phi) is 16.6. The SMILES string of the molecule is COC(=O)C[C@@H]1C[C@@H](O[Si](c2ccccc2)(c2ccccc2)C(C)(C)C)C[C@H](c2coc(/C=C/C[C@H]3O[C@@H](/C(C)=C/c4coc(C)n4)[C@H](C)[C@@H](O[Si](C(C)C)(C(C)C)C(C)C)[C@H]3C)n2)O1. The molecular weight excluding hydrogens is 849 g/mol. The second-order valence-electron chi connectivity index (χ2n) is 20.5. The monoisotopic (exact) mass is 925 g/mol. The van der Waals surface area contributed by atoms with Crippen molar-refractivity contribution in [1.82, 2.24) is 9.97 Å². The van der Waals surface area contributed by atoms with Gasteiger partial charge in [0.2, 0.25) is 14.2 Å². The molecule has 2 aliphatic heterocycles. The summed E-state index contributed by atoms with van der Waals surface area (Å²) < 4.78 is 45.7. The van der Waals surface area contributed by atoms with Crippen molar-refractivity contribution in [2.45, 2.75) is 174 Å². The largest absolute Gasteiger partial charge is 0.469 e. The lowest BCUT2D eigenvalue weighted by molar-refractivity contribution is -0.150. The van der Waals surface area contributed by atoms with Crippen LogP contribution in [0.3, 0.4) is 0 Å². The fraction of sp³-hybridized carbons (Fsp3) is 0.566. The first kappa shape index (κ1) is 50.5. The van der Waals surface area contributed by atoms with Gasteiger partial charge < -0.3 is 31.9 Å². The van der Waals surface area contributed by atoms with Crippen LogP contribution in [-0.4, -0.2) is 70.2 Å². The summed E-state index contributed by atoms with van der Waals surface area (Å²) >= 11 is 0. The lowest BCUT2D eigenvalue weighted by Gasteiger charge is -2.52. The van der Waals surface area contributed by atoms with Gasteiger partial charge in [0, 0.05) is 25.2 Å². The van der Waals surface area contributed by atoms with Crippen LogP contribution < -0.4 is 10.4 Å². The van der Waals surface area contributed by atoms with E-state index in [2.05, 4.69) is 161 Å². The van der Waals surface area contributed by atoms with Gasteiger partial charge in [0.15, 0.2) is 5.89 Å². The molecule has 6 rings (SSSR count). The number of oxazole rings is 2. The quantitative estimate of drug-likeness (QED) is 0.0749. The van der Waals surface area contributed by atoms with Crippen molar-refractivity contribution in [2.24, 2.45) is 11.8 Å². The molecule has 354 valence electrons. The third kappa shape index (κ3) is 11.1. The van der Waals surface area contributed by atoms with Crippen molar-refractivity contribution in [3.05, 3.63) is 108 Å². The molecule has 4 heterocycles. The molecule has 0 amide bonds. The molecule has 2 fully saturated rings. The number of benzene rings is 2. The molecule has 0 N–H and O–H groups in total. The summed E-state index contributed by atoms with van der Waals surface area (Å²) in [5.74, 6) is 1.04. The minimum atomic E-state index is -2.91. The van der Waals surface area contributed by atoms with Gasteiger partial charge >= 0.3 is 5.97 Å². The van der Waals surface area contributed by atoms with Gasteiger partial charge in [-0.3, -0.25) is 4.79 Å². The first-order valence-corrected chi connectivity index (χ1v) is 27.9. The second-order valence-corrected chi connectivity index (χ2v) is 30.2. The van der Waals surface area contributed by atoms with E-state index in [1.165, 1.54) is 17.5 Å². The summed E-state index contributed by atoms with van der Waals surface area (Å²) in [7, 11) is -3.72. The van der Waals surface area contributed by atoms with Gasteiger partial charge in [0.05, 0.1) is 44.1 Å². The highest BCUT2D eigenvalue weighted by Gasteiger charge is 2.53. The van der Waals surface area contributed by atoms with Crippen molar-refractivity contribution in [1.29, 1.82) is 0 Å². The molecule has 2 aromatic heterocycles. The van der Waals surface area contributed by atoms with Gasteiger partial charge in [-0.25, -0.2) is 9.97 Å². The third-order valence-electron chi connectivity index (χ3n) is 14.2. The highest BCUT2D eigenvalue weighted by atomic mass is 28.4. The fourth-order valence-corrected chi connectivity index (χ4v) is 21.6. The van der Waals surface area contributed by atoms with Gasteiger partial charge in [-0.1, -0.05) is 143 Å². The molecule has 0 radical (unpaired) electrons. The van der Waals surface area contributed by atoms with E-state index in [0.29, 0.717) is 53.4 Å². The number of hydrogen-bond acceptors (Lipinski definition) is 10. The van der Waals surface area contributed by atoms with E-state index < -0.39 is 28.8 Å². The van der Waals surface area contributed by atoms with Crippen LogP contribution in [0.5, 0.6) is 0 Å². The Morgan fingerprint density at radius 1 is 0.831 bits per heavy atom. The number of carbonyl (C=O) groups is 1. The van der Waals surface area contributed by atoms with E-state index in [0.717, 1.165) is 11.3 Å². The molecule has 12 heteroatoms. The Labute approximate surface area is 391 Å². The average Bonchev–Trinajstić information content (AvgIpc) is 3.91. The maximum atomic E-state index is 12.7. The van der Waals surface area contributed by atoms with Crippen molar-refractivity contribution in [3.63, 3.8) is 0 Å². The Morgan fingerprint density at radius 2 is 1.45 bits per heavy atom. The summed E-state index contributed by atoms with van der Waals surface area (Å²) in [6.45, 7) is 29.5. The fourth-order valence-electron chi connectivity index (χ4n) is 11.1. The van der Waals surface area contributed by atoms with Crippen molar-refractivity contribution in [3.8, 4) is 0 Å². The van der Waals surface area contributed by atoms with E-state index in [1.807, 2.05) is 13.0 Å². The molecule has 0 spiro atoms. The van der Waals surface area contributed by atoms with Crippen molar-refractivity contribution in [2.75, 3.05) is 7.11 Å². The van der Waals surface area contributed by atoms with Crippen LogP contribution in [0.25, 0.3) is 12.2 Å². The van der Waals surface area contributed by atoms with E-state index >= 15 is 0 Å². The molecule has 4 aromatic rings. The van der Waals surface area contributed by atoms with Crippen molar-refractivity contribution >= 4 is 45.1 Å². The molecule has 10 nitrogen and oxygen atoms in total. The number of hydrogen-bond donors (Lipinski definition) is 0. The van der Waals surface area contributed by atoms with Gasteiger partial charge in [0.1, 0.15) is 30.0 Å². The summed E-state index contributed by atoms with van der Waals surface area (Å²) in [6, 6.07) is 21.3. The lowest BCUT2D eigenvalue weighted by Crippen LogP contribution is -2.68. The van der Waals surface area contributed by atoms with E-state index in [-0.39, 0.29) is 53.7 Å². The minimum absolute atomic E-state index is 0.00200. The summed E-state index contributed by atoms with van der Waals surface area (Å²) in [6.07, 6.45) is 9.98. The highest BCUT2D eigenvalue weighted by Crippen LogP contribution is 2.48. The van der Waals surface area contributed by atoms with Gasteiger partial charge in [-0.05, 0) is 69.5 Å². The Balaban J connectivity index is 1.26. The number of esters is 1. The van der Waals surface area contributed by atoms with E-state index in [1.54, 1.807) is 12.5 Å². The zero-order valence-corrected chi connectivity index (χ0v) is 43.5. The summed E-state index contributed by atoms with van der Waals surface area (Å²) in [5.41, 5.74) is 3.92. The molecule has 2 aliphatic rings. The maximum Gasteiger partial charge on any atom is 0.308 e. The topological polar surface area (TPSA) is 115 Å². The number of aryl methyl sites for hydroxylation is 1. The van der Waals surface area contributed by atoms with E-state index in [4.69, 9.17) is 36.9 Å². The number of nitrogens with zero attached hydrogens (tertiary/aromatic N) is 2. The molecule has 0 aliphatic carbocycles. The predicted octanol–water partition coefficient (Wildman–Crippen LogP) is 11.8. The van der Waals surface area contributed by atoms with Gasteiger partial charge in [-0.2, -0.15) is 0 Å². The standard InChI is InChI=1S/C53H76N2O8Si2/c1-34(2)64(35(3)4,36(5)6)63-52-38(8)47(61-51(39(52)9)37(7)28-41-32-58-40(10)54-41)26-21-27-49-55-46(33-59-49)48-30-43(29-42(60-48)31-50(56)57-14)62-65(53(11,12)13,44-22-17-15-18-23-44)45-24-19-16-20-25-45/h15-25,27-28,32-36,38-39,42-43,47-48,51-52H,26,29-31H2,1-14H3/b27-21+,37-28+/t38-,39-,42-,43+,47+,48+,51-,52-/m0/s1. The van der Waals surface area contributed by atoms with Crippen molar-refractivity contribution < 1.29 is 36.7 Å². The Hall–Kier alpha value is -3.92. The van der Waals surface area contributed by atoms with Gasteiger partial charge in [-0.15, -0.1) is 0 Å². The minimum Gasteiger partial charge on any atom is -0.469 e.